The van der Waals surface area contributed by atoms with Gasteiger partial charge in [0.25, 0.3) is 5.91 Å². The van der Waals surface area contributed by atoms with E-state index < -0.39 is 125 Å². The summed E-state index contributed by atoms with van der Waals surface area (Å²) >= 11 is 0.525. The third kappa shape index (κ3) is 7.51. The van der Waals surface area contributed by atoms with Crippen LogP contribution in [0.4, 0.5) is 22.0 Å². The Morgan fingerprint density at radius 2 is 1.57 bits per heavy atom. The molecule has 0 radical (unpaired) electrons. The molecule has 2 fully saturated rings. The van der Waals surface area contributed by atoms with Crippen LogP contribution in [0.25, 0.3) is 11.3 Å². The highest BCUT2D eigenvalue weighted by atomic mass is 32.2. The standard InChI is InChI=1S/C30H31F5N4O11S/c1-10(42)48-27-22(39-7-13(37-38-39)11-4-3-5-12(31)6-11)24(44)15(9-41)50-30(27)51-29-25(45)21(23(43)14(8-40)49-29)36-28(46)16-17(32)19(34)26(47-2)20(35)18(16)33/h3-7,14-15,21-25,27,29-30,40-41,43-45H,8-9H2,1-2H3,(H,36,46)/t14?,15-,21?,22?,23+,24?,25+,27-,29+,30?/m1/s1. The summed E-state index contributed by atoms with van der Waals surface area (Å²) in [4.78, 5) is 25.3. The van der Waals surface area contributed by atoms with Crippen LogP contribution in [0.2, 0.25) is 0 Å². The fraction of sp³-hybridized carbons (Fsp3) is 0.467. The Hall–Kier alpha value is -3.96. The number of carbonyl (C=O) groups excluding carboxylic acids is 2. The minimum atomic E-state index is -2.14. The molecule has 2 aliphatic rings. The Kier molecular flexibility index (Phi) is 11.8. The van der Waals surface area contributed by atoms with Crippen LogP contribution in [0.1, 0.15) is 23.3 Å². The molecule has 51 heavy (non-hydrogen) atoms. The summed E-state index contributed by atoms with van der Waals surface area (Å²) in [5, 5.41) is 63.2. The first-order valence-corrected chi connectivity index (χ1v) is 15.9. The molecule has 10 atom stereocenters. The summed E-state index contributed by atoms with van der Waals surface area (Å²) < 4.78 is 94.3. The zero-order valence-electron chi connectivity index (χ0n) is 26.4. The van der Waals surface area contributed by atoms with E-state index in [4.69, 9.17) is 14.2 Å². The molecule has 5 rings (SSSR count). The third-order valence-corrected chi connectivity index (χ3v) is 9.47. The van der Waals surface area contributed by atoms with E-state index in [2.05, 4.69) is 15.0 Å². The highest BCUT2D eigenvalue weighted by molar-refractivity contribution is 8.00. The number of ether oxygens (including phenoxy) is 4. The van der Waals surface area contributed by atoms with Gasteiger partial charge in [0.15, 0.2) is 23.5 Å². The van der Waals surface area contributed by atoms with Crippen molar-refractivity contribution in [2.45, 2.75) is 66.5 Å². The first kappa shape index (κ1) is 38.3. The first-order valence-electron chi connectivity index (χ1n) is 15.0. The van der Waals surface area contributed by atoms with E-state index >= 15 is 0 Å². The average Bonchev–Trinajstić information content (AvgIpc) is 3.58. The monoisotopic (exact) mass is 750 g/mol. The maximum atomic E-state index is 14.7. The highest BCUT2D eigenvalue weighted by Gasteiger charge is 2.53. The third-order valence-electron chi connectivity index (χ3n) is 8.17. The van der Waals surface area contributed by atoms with Gasteiger partial charge in [-0.2, -0.15) is 8.78 Å². The SMILES string of the molecule is COc1c(F)c(F)c(C(=O)NC2[C@@H](O)C(CO)O[C@@H](SC3O[C@H](CO)C(O)C(n4cc(-c5cccc(F)c5)nn4)[C@H]3OC(C)=O)[C@H]2O)c(F)c1F. The molecular weight excluding hydrogens is 719 g/mol. The molecule has 2 aromatic carbocycles. The van der Waals surface area contributed by atoms with Crippen molar-refractivity contribution in [1.82, 2.24) is 20.3 Å². The number of nitrogens with one attached hydrogen (secondary N) is 1. The Balaban J connectivity index is 1.45. The van der Waals surface area contributed by atoms with E-state index in [1.165, 1.54) is 30.5 Å². The smallest absolute Gasteiger partial charge is 0.303 e. The molecule has 3 heterocycles. The minimum Gasteiger partial charge on any atom is -0.491 e. The number of halogens is 5. The van der Waals surface area contributed by atoms with E-state index in [1.54, 1.807) is 0 Å². The number of aromatic nitrogens is 3. The van der Waals surface area contributed by atoms with Gasteiger partial charge in [-0.1, -0.05) is 29.1 Å². The molecule has 0 spiro atoms. The lowest BCUT2D eigenvalue weighted by Gasteiger charge is -2.47. The molecule has 0 saturated carbocycles. The van der Waals surface area contributed by atoms with Crippen molar-refractivity contribution in [2.24, 2.45) is 0 Å². The second kappa shape index (κ2) is 15.7. The number of amides is 1. The number of methoxy groups -OCH3 is 1. The van der Waals surface area contributed by atoms with Gasteiger partial charge in [-0.25, -0.2) is 17.9 Å². The topological polar surface area (TPSA) is 215 Å². The molecule has 3 aromatic rings. The molecule has 0 bridgehead atoms. The van der Waals surface area contributed by atoms with Crippen LogP contribution in [0.5, 0.6) is 5.75 Å². The molecule has 15 nitrogen and oxygen atoms in total. The average molecular weight is 751 g/mol. The molecule has 5 unspecified atom stereocenters. The van der Waals surface area contributed by atoms with E-state index in [0.717, 1.165) is 18.7 Å². The van der Waals surface area contributed by atoms with Crippen LogP contribution >= 0.6 is 11.8 Å². The van der Waals surface area contributed by atoms with Crippen molar-refractivity contribution in [3.63, 3.8) is 0 Å². The minimum absolute atomic E-state index is 0.147. The normalized spacial score (nSPS) is 29.4. The molecular formula is C30H31F5N4O11S. The van der Waals surface area contributed by atoms with Crippen LogP contribution < -0.4 is 10.1 Å². The van der Waals surface area contributed by atoms with E-state index in [-0.39, 0.29) is 5.69 Å². The predicted molar refractivity (Wildman–Crippen MR) is 161 cm³/mol. The van der Waals surface area contributed by atoms with Crippen LogP contribution in [0.3, 0.4) is 0 Å². The zero-order valence-corrected chi connectivity index (χ0v) is 27.2. The lowest BCUT2D eigenvalue weighted by molar-refractivity contribution is -0.199. The largest absolute Gasteiger partial charge is 0.491 e. The van der Waals surface area contributed by atoms with Crippen LogP contribution in [0.15, 0.2) is 30.5 Å². The van der Waals surface area contributed by atoms with Gasteiger partial charge in [0, 0.05) is 12.5 Å². The lowest BCUT2D eigenvalue weighted by atomic mass is 9.96. The molecule has 1 aromatic heterocycles. The number of esters is 1. The van der Waals surface area contributed by atoms with Crippen LogP contribution in [-0.4, -0.2) is 126 Å². The molecule has 2 saturated heterocycles. The Labute approximate surface area is 288 Å². The summed E-state index contributed by atoms with van der Waals surface area (Å²) in [5.74, 6) is -13.1. The van der Waals surface area contributed by atoms with Crippen LogP contribution in [0, 0.1) is 29.1 Å². The number of hydrogen-bond donors (Lipinski definition) is 6. The second-order valence-corrected chi connectivity index (χ2v) is 12.6. The maximum absolute atomic E-state index is 14.7. The van der Waals surface area contributed by atoms with Crippen LogP contribution in [-0.2, 0) is 19.0 Å². The Bertz CT molecular complexity index is 1730. The maximum Gasteiger partial charge on any atom is 0.303 e. The number of rotatable bonds is 10. The van der Waals surface area contributed by atoms with Gasteiger partial charge in [0.05, 0.1) is 32.6 Å². The summed E-state index contributed by atoms with van der Waals surface area (Å²) in [7, 11) is 0.728. The second-order valence-electron chi connectivity index (χ2n) is 11.4. The molecule has 0 aliphatic carbocycles. The lowest BCUT2D eigenvalue weighted by Crippen LogP contribution is -2.65. The van der Waals surface area contributed by atoms with Gasteiger partial charge < -0.3 is 49.8 Å². The van der Waals surface area contributed by atoms with Gasteiger partial charge in [-0.3, -0.25) is 9.59 Å². The van der Waals surface area contributed by atoms with Gasteiger partial charge in [-0.15, -0.1) is 5.10 Å². The number of carbonyl (C=O) groups is 2. The fourth-order valence-corrected chi connectivity index (χ4v) is 7.09. The molecule has 2 aliphatic heterocycles. The Morgan fingerprint density at radius 3 is 2.16 bits per heavy atom. The molecule has 21 heteroatoms. The van der Waals surface area contributed by atoms with Gasteiger partial charge in [0.1, 0.15) is 64.5 Å². The summed E-state index contributed by atoms with van der Waals surface area (Å²) in [6.07, 6.45) is -8.85. The number of aliphatic hydroxyl groups is 5. The van der Waals surface area contributed by atoms with Crippen molar-refractivity contribution < 1.29 is 76.0 Å². The molecule has 6 N–H and O–H groups in total. The van der Waals surface area contributed by atoms with E-state index in [0.29, 0.717) is 17.3 Å². The quantitative estimate of drug-likeness (QED) is 0.0927. The van der Waals surface area contributed by atoms with E-state index in [1.807, 2.05) is 5.32 Å². The number of thioether (sulfide) groups is 1. The number of aliphatic hydroxyl groups excluding tert-OH is 5. The first-order chi connectivity index (χ1) is 24.2. The fourth-order valence-electron chi connectivity index (χ4n) is 5.71. The highest BCUT2D eigenvalue weighted by Crippen LogP contribution is 2.42. The van der Waals surface area contributed by atoms with Crippen molar-refractivity contribution in [3.05, 3.63) is 65.1 Å². The summed E-state index contributed by atoms with van der Waals surface area (Å²) in [6, 6.07) is 2.04. The summed E-state index contributed by atoms with van der Waals surface area (Å²) in [5.41, 5.74) is -4.41. The van der Waals surface area contributed by atoms with Gasteiger partial charge >= 0.3 is 5.97 Å². The Morgan fingerprint density at radius 1 is 0.941 bits per heavy atom. The number of nitrogens with zero attached hydrogens (tertiary/aromatic N) is 3. The van der Waals surface area contributed by atoms with Crippen molar-refractivity contribution >= 4 is 23.6 Å². The number of hydrogen-bond acceptors (Lipinski definition) is 14. The van der Waals surface area contributed by atoms with Gasteiger partial charge in [-0.05, 0) is 12.1 Å². The van der Waals surface area contributed by atoms with Crippen molar-refractivity contribution in [1.29, 1.82) is 0 Å². The summed E-state index contributed by atoms with van der Waals surface area (Å²) in [6.45, 7) is -0.724. The van der Waals surface area contributed by atoms with E-state index in [9.17, 15) is 57.1 Å². The molecule has 278 valence electrons. The van der Waals surface area contributed by atoms with Crippen molar-refractivity contribution in [2.75, 3.05) is 20.3 Å². The number of benzene rings is 2. The predicted octanol–water partition coefficient (Wildman–Crippen LogP) is 0.171. The van der Waals surface area contributed by atoms with Crippen molar-refractivity contribution in [3.8, 4) is 17.0 Å². The zero-order chi connectivity index (χ0) is 37.3. The molecule has 1 amide bonds. The van der Waals surface area contributed by atoms with Gasteiger partial charge in [0.2, 0.25) is 11.6 Å².